The van der Waals surface area contributed by atoms with Gasteiger partial charge in [-0.1, -0.05) is 41.4 Å². The Bertz CT molecular complexity index is 1150. The van der Waals surface area contributed by atoms with E-state index in [0.717, 1.165) is 54.5 Å². The van der Waals surface area contributed by atoms with Crippen LogP contribution in [0, 0.1) is 5.92 Å². The lowest BCUT2D eigenvalue weighted by Gasteiger charge is -2.29. The number of hydrogen-bond donors (Lipinski definition) is 2. The summed E-state index contributed by atoms with van der Waals surface area (Å²) in [6, 6.07) is 13.9. The molecule has 34 heavy (non-hydrogen) atoms. The van der Waals surface area contributed by atoms with Crippen LogP contribution in [-0.4, -0.2) is 42.6 Å². The number of benzene rings is 2. The molecule has 3 aromatic rings. The lowest BCUT2D eigenvalue weighted by atomic mass is 9.86. The van der Waals surface area contributed by atoms with Crippen LogP contribution in [0.5, 0.6) is 0 Å². The van der Waals surface area contributed by atoms with Gasteiger partial charge in [-0.25, -0.2) is 4.98 Å². The normalized spacial score (nSPS) is 18.0. The molecule has 0 aliphatic heterocycles. The van der Waals surface area contributed by atoms with Gasteiger partial charge in [-0.2, -0.15) is 4.98 Å². The number of hydrogen-bond acceptors (Lipinski definition) is 5. The molecule has 1 aliphatic carbocycles. The van der Waals surface area contributed by atoms with Gasteiger partial charge in [0.25, 0.3) is 0 Å². The number of nitrogens with one attached hydrogen (secondary N) is 2. The van der Waals surface area contributed by atoms with Crippen molar-refractivity contribution in [1.82, 2.24) is 15.3 Å². The van der Waals surface area contributed by atoms with Crippen LogP contribution in [0.4, 0.5) is 11.8 Å². The van der Waals surface area contributed by atoms with Crippen molar-refractivity contribution < 1.29 is 4.79 Å². The van der Waals surface area contributed by atoms with Crippen molar-refractivity contribution >= 4 is 51.8 Å². The molecule has 1 aliphatic rings. The van der Waals surface area contributed by atoms with Gasteiger partial charge in [0.2, 0.25) is 11.9 Å². The molecule has 0 radical (unpaired) electrons. The Balaban J connectivity index is 1.23. The molecule has 0 spiro atoms. The zero-order valence-corrected chi connectivity index (χ0v) is 21.2. The molecule has 4 rings (SSSR count). The number of anilines is 2. The van der Waals surface area contributed by atoms with E-state index >= 15 is 0 Å². The maximum absolute atomic E-state index is 12.3. The monoisotopic (exact) mass is 499 g/mol. The van der Waals surface area contributed by atoms with Gasteiger partial charge in [0.15, 0.2) is 0 Å². The lowest BCUT2D eigenvalue weighted by molar-refractivity contribution is -0.121. The molecular weight excluding hydrogens is 469 g/mol. The van der Waals surface area contributed by atoms with Crippen molar-refractivity contribution in [1.29, 1.82) is 0 Å². The van der Waals surface area contributed by atoms with Crippen molar-refractivity contribution in [3.63, 3.8) is 0 Å². The number of aromatic nitrogens is 2. The highest BCUT2D eigenvalue weighted by atomic mass is 35.5. The van der Waals surface area contributed by atoms with Gasteiger partial charge >= 0.3 is 0 Å². The average Bonchev–Trinajstić information content (AvgIpc) is 2.83. The Morgan fingerprint density at radius 3 is 2.53 bits per heavy atom. The average molecular weight is 500 g/mol. The number of aryl methyl sites for hydroxylation is 1. The second-order valence-corrected chi connectivity index (χ2v) is 10.0. The third kappa shape index (κ3) is 6.30. The van der Waals surface area contributed by atoms with Crippen molar-refractivity contribution in [2.75, 3.05) is 30.9 Å². The molecule has 1 fully saturated rings. The quantitative estimate of drug-likeness (QED) is 0.414. The fraction of sp³-hybridized carbons (Fsp3) is 0.423. The summed E-state index contributed by atoms with van der Waals surface area (Å²) in [5, 5.41) is 8.76. The van der Waals surface area contributed by atoms with Gasteiger partial charge in [0.05, 0.1) is 15.6 Å². The summed E-state index contributed by atoms with van der Waals surface area (Å²) < 4.78 is 0. The van der Waals surface area contributed by atoms with Gasteiger partial charge in [0, 0.05) is 38.5 Å². The summed E-state index contributed by atoms with van der Waals surface area (Å²) in [4.78, 5) is 23.8. The fourth-order valence-electron chi connectivity index (χ4n) is 4.46. The van der Waals surface area contributed by atoms with Crippen LogP contribution in [0.25, 0.3) is 10.9 Å². The van der Waals surface area contributed by atoms with Crippen molar-refractivity contribution in [3.05, 3.63) is 58.1 Å². The third-order valence-corrected chi connectivity index (χ3v) is 7.14. The molecule has 0 unspecified atom stereocenters. The first kappa shape index (κ1) is 24.6. The van der Waals surface area contributed by atoms with Gasteiger partial charge in [-0.05, 0) is 67.9 Å². The van der Waals surface area contributed by atoms with Crippen LogP contribution in [0.1, 0.15) is 37.7 Å². The number of rotatable bonds is 8. The van der Waals surface area contributed by atoms with E-state index in [1.807, 2.05) is 49.3 Å². The summed E-state index contributed by atoms with van der Waals surface area (Å²) in [6.07, 6.45) is 5.31. The zero-order chi connectivity index (χ0) is 24.1. The first-order valence-electron chi connectivity index (χ1n) is 11.8. The number of para-hydroxylation sites is 1. The minimum atomic E-state index is 0.0760. The van der Waals surface area contributed by atoms with E-state index in [2.05, 4.69) is 16.7 Å². The first-order chi connectivity index (χ1) is 16.4. The SMILES string of the molecule is CN(C)c1nc(NC2CCC(CNC(=O)CCc3ccc(Cl)c(Cl)c3)CC2)nc2ccccc12. The molecule has 0 bridgehead atoms. The van der Waals surface area contributed by atoms with Crippen LogP contribution in [0.15, 0.2) is 42.5 Å². The molecular formula is C26H31Cl2N5O. The summed E-state index contributed by atoms with van der Waals surface area (Å²) in [5.74, 6) is 2.18. The van der Waals surface area contributed by atoms with Crippen LogP contribution in [0.3, 0.4) is 0 Å². The maximum atomic E-state index is 12.3. The Labute approximate surface area is 211 Å². The van der Waals surface area contributed by atoms with Crippen LogP contribution < -0.4 is 15.5 Å². The molecule has 2 N–H and O–H groups in total. The Kier molecular flexibility index (Phi) is 8.11. The number of fused-ring (bicyclic) bond motifs is 1. The summed E-state index contributed by atoms with van der Waals surface area (Å²) in [5.41, 5.74) is 1.96. The van der Waals surface area contributed by atoms with Gasteiger partial charge in [0.1, 0.15) is 5.82 Å². The molecule has 1 aromatic heterocycles. The molecule has 1 heterocycles. The zero-order valence-electron chi connectivity index (χ0n) is 19.7. The summed E-state index contributed by atoms with van der Waals surface area (Å²) in [7, 11) is 4.01. The number of halogens is 2. The van der Waals surface area contributed by atoms with E-state index in [9.17, 15) is 4.79 Å². The van der Waals surface area contributed by atoms with Crippen LogP contribution >= 0.6 is 23.2 Å². The van der Waals surface area contributed by atoms with E-state index in [1.54, 1.807) is 6.07 Å². The lowest BCUT2D eigenvalue weighted by Crippen LogP contribution is -2.34. The Hall–Kier alpha value is -2.57. The van der Waals surface area contributed by atoms with Crippen molar-refractivity contribution in [3.8, 4) is 0 Å². The molecule has 1 saturated carbocycles. The van der Waals surface area contributed by atoms with Gasteiger partial charge < -0.3 is 15.5 Å². The Morgan fingerprint density at radius 1 is 1.03 bits per heavy atom. The van der Waals surface area contributed by atoms with E-state index in [4.69, 9.17) is 33.2 Å². The summed E-state index contributed by atoms with van der Waals surface area (Å²) in [6.45, 7) is 0.726. The van der Waals surface area contributed by atoms with E-state index in [1.165, 1.54) is 0 Å². The maximum Gasteiger partial charge on any atom is 0.225 e. The number of amides is 1. The first-order valence-corrected chi connectivity index (χ1v) is 12.6. The second kappa shape index (κ2) is 11.2. The highest BCUT2D eigenvalue weighted by molar-refractivity contribution is 6.42. The predicted octanol–water partition coefficient (Wildman–Crippen LogP) is 5.72. The highest BCUT2D eigenvalue weighted by Gasteiger charge is 2.22. The van der Waals surface area contributed by atoms with E-state index < -0.39 is 0 Å². The molecule has 0 saturated heterocycles. The van der Waals surface area contributed by atoms with Gasteiger partial charge in [-0.3, -0.25) is 4.79 Å². The van der Waals surface area contributed by atoms with Crippen LogP contribution in [0.2, 0.25) is 10.0 Å². The molecule has 8 heteroatoms. The second-order valence-electron chi connectivity index (χ2n) is 9.20. The Morgan fingerprint density at radius 2 is 1.79 bits per heavy atom. The minimum absolute atomic E-state index is 0.0760. The minimum Gasteiger partial charge on any atom is -0.362 e. The number of carbonyl (C=O) groups is 1. The largest absolute Gasteiger partial charge is 0.362 e. The number of carbonyl (C=O) groups excluding carboxylic acids is 1. The topological polar surface area (TPSA) is 70.2 Å². The van der Waals surface area contributed by atoms with E-state index in [-0.39, 0.29) is 5.91 Å². The van der Waals surface area contributed by atoms with Crippen LogP contribution in [-0.2, 0) is 11.2 Å². The highest BCUT2D eigenvalue weighted by Crippen LogP contribution is 2.28. The fourth-order valence-corrected chi connectivity index (χ4v) is 4.78. The standard InChI is InChI=1S/C26H31Cl2N5O/c1-33(2)25-20-5-3-4-6-23(20)31-26(32-25)30-19-11-7-18(8-12-19)16-29-24(34)14-10-17-9-13-21(27)22(28)15-17/h3-6,9,13,15,18-19H,7-8,10-12,14,16H2,1-2H3,(H,29,34)(H,30,31,32). The van der Waals surface area contributed by atoms with E-state index in [0.29, 0.717) is 40.8 Å². The third-order valence-electron chi connectivity index (χ3n) is 6.40. The molecule has 0 atom stereocenters. The molecule has 2 aromatic carbocycles. The smallest absolute Gasteiger partial charge is 0.225 e. The van der Waals surface area contributed by atoms with Crippen molar-refractivity contribution in [2.24, 2.45) is 5.92 Å². The van der Waals surface area contributed by atoms with Crippen molar-refractivity contribution in [2.45, 2.75) is 44.6 Å². The molecule has 1 amide bonds. The predicted molar refractivity (Wildman–Crippen MR) is 141 cm³/mol. The molecule has 180 valence electrons. The van der Waals surface area contributed by atoms with Gasteiger partial charge in [-0.15, -0.1) is 0 Å². The molecule has 6 nitrogen and oxygen atoms in total. The summed E-state index contributed by atoms with van der Waals surface area (Å²) >= 11 is 12.0. The number of nitrogens with zero attached hydrogens (tertiary/aromatic N) is 3.